The predicted molar refractivity (Wildman–Crippen MR) is 71.6 cm³/mol. The molecule has 0 aliphatic carbocycles. The highest BCUT2D eigenvalue weighted by atomic mass is 32.1. The van der Waals surface area contributed by atoms with Gasteiger partial charge in [0.25, 0.3) is 0 Å². The lowest BCUT2D eigenvalue weighted by atomic mass is 10.2. The summed E-state index contributed by atoms with van der Waals surface area (Å²) in [6.45, 7) is 1.59. The fourth-order valence-corrected chi connectivity index (χ4v) is 1.58. The van der Waals surface area contributed by atoms with Gasteiger partial charge in [-0.25, -0.2) is 0 Å². The summed E-state index contributed by atoms with van der Waals surface area (Å²) in [5, 5.41) is 0. The first kappa shape index (κ1) is 13.1. The van der Waals surface area contributed by atoms with Crippen molar-refractivity contribution < 1.29 is 4.74 Å². The Morgan fingerprint density at radius 3 is 2.56 bits per heavy atom. The van der Waals surface area contributed by atoms with E-state index in [-0.39, 0.29) is 0 Å². The molecule has 1 aromatic carbocycles. The van der Waals surface area contributed by atoms with Crippen molar-refractivity contribution in [3.63, 3.8) is 0 Å². The summed E-state index contributed by atoms with van der Waals surface area (Å²) < 4.78 is 5.54. The third-order valence-electron chi connectivity index (χ3n) is 2.34. The van der Waals surface area contributed by atoms with Gasteiger partial charge in [-0.15, -0.1) is 0 Å². The van der Waals surface area contributed by atoms with E-state index in [2.05, 4.69) is 24.3 Å². The number of nitrogens with two attached hydrogens (primary N) is 1. The van der Waals surface area contributed by atoms with Gasteiger partial charge in [0.15, 0.2) is 0 Å². The Labute approximate surface area is 103 Å². The molecule has 16 heavy (non-hydrogen) atoms. The van der Waals surface area contributed by atoms with E-state index in [0.29, 0.717) is 4.99 Å². The molecular weight excluding hydrogens is 218 g/mol. The van der Waals surface area contributed by atoms with Crippen molar-refractivity contribution in [1.82, 2.24) is 0 Å². The van der Waals surface area contributed by atoms with Crippen LogP contribution in [-0.4, -0.2) is 18.2 Å². The van der Waals surface area contributed by atoms with Gasteiger partial charge in [0.2, 0.25) is 0 Å². The van der Waals surface area contributed by atoms with Crippen LogP contribution < -0.4 is 5.73 Å². The highest BCUT2D eigenvalue weighted by molar-refractivity contribution is 7.80. The summed E-state index contributed by atoms with van der Waals surface area (Å²) in [5.74, 6) is 0. The number of hydrogen-bond donors (Lipinski definition) is 1. The summed E-state index contributed by atoms with van der Waals surface area (Å²) in [7, 11) is 0. The summed E-state index contributed by atoms with van der Waals surface area (Å²) >= 11 is 4.80. The molecule has 2 nitrogen and oxygen atoms in total. The SMILES string of the molecule is NC(=S)CCCCOCCc1ccccc1. The van der Waals surface area contributed by atoms with Crippen LogP contribution in [0.15, 0.2) is 30.3 Å². The molecule has 0 radical (unpaired) electrons. The third kappa shape index (κ3) is 6.53. The van der Waals surface area contributed by atoms with Crippen molar-refractivity contribution in [2.45, 2.75) is 25.7 Å². The van der Waals surface area contributed by atoms with Crippen LogP contribution in [0.5, 0.6) is 0 Å². The Balaban J connectivity index is 1.94. The van der Waals surface area contributed by atoms with Crippen LogP contribution in [0.4, 0.5) is 0 Å². The molecule has 0 saturated heterocycles. The van der Waals surface area contributed by atoms with Crippen LogP contribution in [0.1, 0.15) is 24.8 Å². The second kappa shape index (κ2) is 8.25. The van der Waals surface area contributed by atoms with Gasteiger partial charge in [-0.3, -0.25) is 0 Å². The Morgan fingerprint density at radius 1 is 1.12 bits per heavy atom. The molecule has 88 valence electrons. The van der Waals surface area contributed by atoms with Gasteiger partial charge in [-0.1, -0.05) is 42.5 Å². The average Bonchev–Trinajstić information content (AvgIpc) is 2.29. The molecule has 0 aliphatic rings. The molecule has 1 aromatic rings. The zero-order valence-electron chi connectivity index (χ0n) is 9.52. The fraction of sp³-hybridized carbons (Fsp3) is 0.462. The quantitative estimate of drug-likeness (QED) is 0.558. The normalized spacial score (nSPS) is 10.2. The van der Waals surface area contributed by atoms with Crippen molar-refractivity contribution in [3.8, 4) is 0 Å². The minimum atomic E-state index is 0.601. The molecule has 0 spiro atoms. The lowest BCUT2D eigenvalue weighted by Crippen LogP contribution is -2.07. The monoisotopic (exact) mass is 237 g/mol. The van der Waals surface area contributed by atoms with Gasteiger partial charge in [0, 0.05) is 6.61 Å². The van der Waals surface area contributed by atoms with Crippen molar-refractivity contribution in [1.29, 1.82) is 0 Å². The minimum absolute atomic E-state index is 0.601. The predicted octanol–water partition coefficient (Wildman–Crippen LogP) is 2.70. The second-order valence-electron chi connectivity index (χ2n) is 3.77. The average molecular weight is 237 g/mol. The molecule has 1 rings (SSSR count). The summed E-state index contributed by atoms with van der Waals surface area (Å²) in [6.07, 6.45) is 3.88. The van der Waals surface area contributed by atoms with E-state index in [9.17, 15) is 0 Å². The van der Waals surface area contributed by atoms with Gasteiger partial charge in [0.05, 0.1) is 11.6 Å². The maximum Gasteiger partial charge on any atom is 0.0727 e. The third-order valence-corrected chi connectivity index (χ3v) is 2.54. The van der Waals surface area contributed by atoms with Crippen molar-refractivity contribution in [2.75, 3.05) is 13.2 Å². The fourth-order valence-electron chi connectivity index (χ4n) is 1.44. The Morgan fingerprint density at radius 2 is 1.88 bits per heavy atom. The number of hydrogen-bond acceptors (Lipinski definition) is 2. The number of unbranched alkanes of at least 4 members (excludes halogenated alkanes) is 1. The summed E-state index contributed by atoms with van der Waals surface area (Å²) in [6, 6.07) is 10.4. The molecular formula is C13H19NOS. The first-order valence-corrected chi connectivity index (χ1v) is 6.10. The highest BCUT2D eigenvalue weighted by Crippen LogP contribution is 2.01. The van der Waals surface area contributed by atoms with E-state index in [0.717, 1.165) is 38.9 Å². The molecule has 0 amide bonds. The molecule has 3 heteroatoms. The van der Waals surface area contributed by atoms with E-state index in [1.54, 1.807) is 0 Å². The number of ether oxygens (including phenoxy) is 1. The molecule has 0 fully saturated rings. The lowest BCUT2D eigenvalue weighted by molar-refractivity contribution is 0.134. The zero-order chi connectivity index (χ0) is 11.6. The molecule has 0 unspecified atom stereocenters. The van der Waals surface area contributed by atoms with E-state index >= 15 is 0 Å². The molecule has 0 aromatic heterocycles. The number of rotatable bonds is 8. The number of benzene rings is 1. The van der Waals surface area contributed by atoms with Gasteiger partial charge in [-0.2, -0.15) is 0 Å². The first-order valence-electron chi connectivity index (χ1n) is 5.69. The standard InChI is InChI=1S/C13H19NOS/c14-13(16)8-4-5-10-15-11-9-12-6-2-1-3-7-12/h1-3,6-7H,4-5,8-11H2,(H2,14,16). The lowest BCUT2D eigenvalue weighted by Gasteiger charge is -2.04. The Bertz CT molecular complexity index is 300. The molecule has 0 saturated carbocycles. The smallest absolute Gasteiger partial charge is 0.0727 e. The van der Waals surface area contributed by atoms with Crippen LogP contribution in [0, 0.1) is 0 Å². The first-order chi connectivity index (χ1) is 7.79. The van der Waals surface area contributed by atoms with Crippen LogP contribution in [0.2, 0.25) is 0 Å². The zero-order valence-corrected chi connectivity index (χ0v) is 10.3. The Kier molecular flexibility index (Phi) is 6.77. The van der Waals surface area contributed by atoms with Crippen LogP contribution >= 0.6 is 12.2 Å². The van der Waals surface area contributed by atoms with Crippen LogP contribution in [0.3, 0.4) is 0 Å². The summed E-state index contributed by atoms with van der Waals surface area (Å²) in [5.41, 5.74) is 6.72. The molecule has 0 heterocycles. The van der Waals surface area contributed by atoms with E-state index in [1.807, 2.05) is 6.07 Å². The maximum atomic E-state index is 5.54. The second-order valence-corrected chi connectivity index (χ2v) is 4.30. The Hall–Kier alpha value is -0.930. The highest BCUT2D eigenvalue weighted by Gasteiger charge is 1.94. The minimum Gasteiger partial charge on any atom is -0.393 e. The number of thiocarbonyl (C=S) groups is 1. The van der Waals surface area contributed by atoms with Crippen molar-refractivity contribution in [2.24, 2.45) is 5.73 Å². The largest absolute Gasteiger partial charge is 0.393 e. The maximum absolute atomic E-state index is 5.54. The van der Waals surface area contributed by atoms with Gasteiger partial charge >= 0.3 is 0 Å². The van der Waals surface area contributed by atoms with Gasteiger partial charge in [0.1, 0.15) is 0 Å². The van der Waals surface area contributed by atoms with Gasteiger partial charge in [-0.05, 0) is 31.2 Å². The topological polar surface area (TPSA) is 35.2 Å². The van der Waals surface area contributed by atoms with Gasteiger partial charge < -0.3 is 10.5 Å². The summed E-state index contributed by atoms with van der Waals surface area (Å²) in [4.78, 5) is 0.601. The van der Waals surface area contributed by atoms with E-state index in [4.69, 9.17) is 22.7 Å². The van der Waals surface area contributed by atoms with E-state index < -0.39 is 0 Å². The van der Waals surface area contributed by atoms with Crippen molar-refractivity contribution >= 4 is 17.2 Å². The van der Waals surface area contributed by atoms with Crippen molar-refractivity contribution in [3.05, 3.63) is 35.9 Å². The van der Waals surface area contributed by atoms with Crippen LogP contribution in [0.25, 0.3) is 0 Å². The molecule has 0 aliphatic heterocycles. The van der Waals surface area contributed by atoms with Crippen LogP contribution in [-0.2, 0) is 11.2 Å². The molecule has 2 N–H and O–H groups in total. The van der Waals surface area contributed by atoms with E-state index in [1.165, 1.54) is 5.56 Å². The molecule has 0 bridgehead atoms. The molecule has 0 atom stereocenters.